The fourth-order valence-corrected chi connectivity index (χ4v) is 12.3. The molecule has 8 rings (SSSR count). The number of aliphatic hydroxyl groups excluding tert-OH is 1. The Bertz CT molecular complexity index is 2140. The Labute approximate surface area is 326 Å². The summed E-state index contributed by atoms with van der Waals surface area (Å²) in [5, 5.41) is 33.1. The van der Waals surface area contributed by atoms with Gasteiger partial charge in [0.15, 0.2) is 13.9 Å². The second-order valence-corrected chi connectivity index (χ2v) is 20.0. The third-order valence-electron chi connectivity index (χ3n) is 12.3. The fraction of sp³-hybridized carbons (Fsp3) is 0.450. The highest BCUT2D eigenvalue weighted by Crippen LogP contribution is 2.60. The first kappa shape index (κ1) is 37.9. The van der Waals surface area contributed by atoms with Crippen LogP contribution in [0.4, 0.5) is 22.7 Å². The van der Waals surface area contributed by atoms with Gasteiger partial charge in [-0.15, -0.1) is 5.10 Å². The van der Waals surface area contributed by atoms with Crippen molar-refractivity contribution in [2.75, 3.05) is 41.1 Å². The Morgan fingerprint density at radius 3 is 2.48 bits per heavy atom. The van der Waals surface area contributed by atoms with E-state index in [-0.39, 0.29) is 30.7 Å². The molecule has 16 heteroatoms. The van der Waals surface area contributed by atoms with Gasteiger partial charge in [0.25, 0.3) is 17.5 Å². The van der Waals surface area contributed by atoms with E-state index >= 15 is 4.79 Å². The molecular formula is C40H48N8O7Si. The van der Waals surface area contributed by atoms with Gasteiger partial charge in [-0.25, -0.2) is 0 Å². The van der Waals surface area contributed by atoms with Gasteiger partial charge < -0.3 is 29.8 Å². The van der Waals surface area contributed by atoms with Crippen molar-refractivity contribution in [1.82, 2.24) is 20.3 Å². The lowest BCUT2D eigenvalue weighted by molar-refractivity contribution is -0.385. The van der Waals surface area contributed by atoms with E-state index in [1.54, 1.807) is 21.8 Å². The van der Waals surface area contributed by atoms with Crippen molar-refractivity contribution in [1.29, 1.82) is 0 Å². The van der Waals surface area contributed by atoms with Crippen molar-refractivity contribution in [3.05, 3.63) is 106 Å². The first-order valence-corrected chi connectivity index (χ1v) is 22.3. The normalized spacial score (nSPS) is 24.5. The highest BCUT2D eigenvalue weighted by atomic mass is 28.4. The van der Waals surface area contributed by atoms with E-state index < -0.39 is 41.9 Å². The maximum atomic E-state index is 15.1. The number of nitro benzene ring substituents is 1. The largest absolute Gasteiger partial charge is 0.432 e. The SMILES string of the molecule is C[C@@H]1[C@@H]([Si](C)(C)O)[C@H](CCn2cc(CCO)nn2)O[C@@]12C(=O)N(Cc1cccc(N3CN(c4ccccc4)C4(CCNCC4)C3=O)c1)c1ccc([N+](=O)[O-])cc12. The minimum atomic E-state index is -3.00. The third kappa shape index (κ3) is 6.29. The lowest BCUT2D eigenvalue weighted by atomic mass is 9.82. The molecule has 0 radical (unpaired) electrons. The summed E-state index contributed by atoms with van der Waals surface area (Å²) in [5.74, 6) is -0.814. The molecule has 2 spiro atoms. The number of amides is 2. The average Bonchev–Trinajstić information content (AvgIpc) is 3.90. The number of benzene rings is 3. The molecule has 56 heavy (non-hydrogen) atoms. The van der Waals surface area contributed by atoms with E-state index in [0.717, 1.165) is 30.0 Å². The predicted octanol–water partition coefficient (Wildman–Crippen LogP) is 4.09. The molecule has 3 N–H and O–H groups in total. The van der Waals surface area contributed by atoms with Crippen LogP contribution in [0.15, 0.2) is 79.0 Å². The van der Waals surface area contributed by atoms with E-state index in [0.29, 0.717) is 55.8 Å². The number of hydrogen-bond acceptors (Lipinski definition) is 11. The molecule has 0 unspecified atom stereocenters. The van der Waals surface area contributed by atoms with Crippen LogP contribution in [0.5, 0.6) is 0 Å². The fourth-order valence-electron chi connectivity index (χ4n) is 9.72. The average molecular weight is 781 g/mol. The van der Waals surface area contributed by atoms with E-state index in [1.165, 1.54) is 12.1 Å². The van der Waals surface area contributed by atoms with Crippen LogP contribution in [0.3, 0.4) is 0 Å². The summed E-state index contributed by atoms with van der Waals surface area (Å²) in [4.78, 5) is 58.6. The number of para-hydroxylation sites is 1. The summed E-state index contributed by atoms with van der Waals surface area (Å²) in [6.45, 7) is 7.93. The lowest BCUT2D eigenvalue weighted by Gasteiger charge is -2.39. The molecule has 2 amide bonds. The molecule has 1 aromatic heterocycles. The van der Waals surface area contributed by atoms with Crippen molar-refractivity contribution in [2.45, 2.75) is 81.6 Å². The lowest BCUT2D eigenvalue weighted by Crippen LogP contribution is -2.55. The quantitative estimate of drug-likeness (QED) is 0.113. The number of anilines is 3. The molecule has 4 atom stereocenters. The molecule has 0 bridgehead atoms. The number of aromatic nitrogens is 3. The summed E-state index contributed by atoms with van der Waals surface area (Å²) in [7, 11) is -3.00. The number of fused-ring (bicyclic) bond motifs is 2. The number of nitrogens with zero attached hydrogens (tertiary/aromatic N) is 7. The third-order valence-corrected chi connectivity index (χ3v) is 14.8. The van der Waals surface area contributed by atoms with Gasteiger partial charge in [0, 0.05) is 66.3 Å². The van der Waals surface area contributed by atoms with Gasteiger partial charge in [0.2, 0.25) is 0 Å². The molecular weight excluding hydrogens is 733 g/mol. The zero-order chi connectivity index (χ0) is 39.4. The van der Waals surface area contributed by atoms with Crippen molar-refractivity contribution >= 4 is 42.9 Å². The minimum absolute atomic E-state index is 0.0467. The summed E-state index contributed by atoms with van der Waals surface area (Å²) >= 11 is 0. The number of non-ortho nitro benzene ring substituents is 1. The van der Waals surface area contributed by atoms with Crippen molar-refractivity contribution in [3.8, 4) is 0 Å². The summed E-state index contributed by atoms with van der Waals surface area (Å²) < 4.78 is 8.58. The summed E-state index contributed by atoms with van der Waals surface area (Å²) in [6, 6.07) is 22.2. The topological polar surface area (TPSA) is 179 Å². The molecule has 4 aliphatic heterocycles. The number of nitrogens with one attached hydrogen (secondary N) is 1. The van der Waals surface area contributed by atoms with Crippen LogP contribution in [-0.4, -0.2) is 88.0 Å². The maximum absolute atomic E-state index is 15.1. The van der Waals surface area contributed by atoms with Crippen LogP contribution in [0.25, 0.3) is 0 Å². The molecule has 4 aliphatic rings. The zero-order valence-electron chi connectivity index (χ0n) is 31.9. The Kier molecular flexibility index (Phi) is 9.81. The van der Waals surface area contributed by atoms with Crippen LogP contribution in [0, 0.1) is 16.0 Å². The van der Waals surface area contributed by atoms with Crippen LogP contribution in [0.1, 0.15) is 43.0 Å². The van der Waals surface area contributed by atoms with Crippen molar-refractivity contribution in [3.63, 3.8) is 0 Å². The Morgan fingerprint density at radius 1 is 1.02 bits per heavy atom. The highest BCUT2D eigenvalue weighted by molar-refractivity contribution is 6.71. The van der Waals surface area contributed by atoms with Gasteiger partial charge in [-0.05, 0) is 81.3 Å². The smallest absolute Gasteiger partial charge is 0.269 e. The minimum Gasteiger partial charge on any atom is -0.432 e. The van der Waals surface area contributed by atoms with Crippen LogP contribution < -0.4 is 20.0 Å². The number of carbonyl (C=O) groups is 2. The predicted molar refractivity (Wildman–Crippen MR) is 211 cm³/mol. The molecule has 3 aromatic carbocycles. The number of aryl methyl sites for hydroxylation is 1. The van der Waals surface area contributed by atoms with Gasteiger partial charge in [-0.2, -0.15) is 0 Å². The molecule has 4 aromatic rings. The van der Waals surface area contributed by atoms with Crippen LogP contribution in [0.2, 0.25) is 18.6 Å². The molecule has 294 valence electrons. The van der Waals surface area contributed by atoms with Gasteiger partial charge in [0.05, 0.1) is 35.6 Å². The number of carbonyl (C=O) groups excluding carboxylic acids is 2. The molecule has 5 heterocycles. The van der Waals surface area contributed by atoms with Gasteiger partial charge in [-0.3, -0.25) is 29.3 Å². The number of ether oxygens (including phenoxy) is 1. The number of nitro groups is 1. The van der Waals surface area contributed by atoms with Crippen LogP contribution >= 0.6 is 0 Å². The second-order valence-electron chi connectivity index (χ2n) is 16.0. The summed E-state index contributed by atoms with van der Waals surface area (Å²) in [6.07, 6.45) is 3.36. The zero-order valence-corrected chi connectivity index (χ0v) is 32.9. The molecule has 15 nitrogen and oxygen atoms in total. The van der Waals surface area contributed by atoms with Crippen molar-refractivity contribution in [2.24, 2.45) is 5.92 Å². The number of rotatable bonds is 11. The number of aliphatic hydroxyl groups is 1. The Balaban J connectivity index is 1.12. The van der Waals surface area contributed by atoms with Gasteiger partial charge in [0.1, 0.15) is 5.54 Å². The first-order chi connectivity index (χ1) is 26.9. The molecule has 0 saturated carbocycles. The Morgan fingerprint density at radius 2 is 1.77 bits per heavy atom. The van der Waals surface area contributed by atoms with Gasteiger partial charge >= 0.3 is 0 Å². The van der Waals surface area contributed by atoms with Gasteiger partial charge in [-0.1, -0.05) is 42.5 Å². The van der Waals surface area contributed by atoms with E-state index in [1.807, 2.05) is 79.5 Å². The maximum Gasteiger partial charge on any atom is 0.269 e. The van der Waals surface area contributed by atoms with Crippen molar-refractivity contribution < 1.29 is 29.2 Å². The first-order valence-electron chi connectivity index (χ1n) is 19.3. The molecule has 3 fully saturated rings. The summed E-state index contributed by atoms with van der Waals surface area (Å²) in [5.41, 5.74) is 1.29. The number of hydrogen-bond donors (Lipinski definition) is 3. The second kappa shape index (κ2) is 14.5. The number of piperidine rings is 1. The monoisotopic (exact) mass is 780 g/mol. The van der Waals surface area contributed by atoms with Crippen LogP contribution in [-0.2, 0) is 39.4 Å². The van der Waals surface area contributed by atoms with E-state index in [2.05, 4.69) is 20.5 Å². The van der Waals surface area contributed by atoms with E-state index in [4.69, 9.17) is 4.74 Å². The molecule has 0 aliphatic carbocycles. The standard InChI is InChI=1S/C40H48N8O7Si/c1-27-36(56(2,3)54)35(14-20-44-25-29(15-21-49)42-43-44)55-40(27)33-23-32(48(52)53)12-13-34(33)45(38(40)51)24-28-8-7-11-31(22-28)46-26-47(30-9-5-4-6-10-30)39(37(46)50)16-18-41-19-17-39/h4-13,22-23,25,27,35-36,41,49,54H,14-21,24,26H2,1-3H3/t27-,35+,36-,40+/m1/s1. The van der Waals surface area contributed by atoms with E-state index in [9.17, 15) is 24.8 Å². The Hall–Kier alpha value is -5.00. The highest BCUT2D eigenvalue weighted by Gasteiger charge is 2.66. The molecule has 3 saturated heterocycles.